The van der Waals surface area contributed by atoms with E-state index in [2.05, 4.69) is 33.2 Å². The number of nitrogens with one attached hydrogen (secondary N) is 1. The third-order valence-corrected chi connectivity index (χ3v) is 2.63. The first-order valence-corrected chi connectivity index (χ1v) is 5.37. The summed E-state index contributed by atoms with van der Waals surface area (Å²) in [6, 6.07) is 7.02. The predicted octanol–water partition coefficient (Wildman–Crippen LogP) is 2.89. The van der Waals surface area contributed by atoms with Crippen molar-refractivity contribution in [3.05, 3.63) is 33.3 Å². The molecule has 76 valence electrons. The van der Waals surface area contributed by atoms with E-state index in [-0.39, 0.29) is 0 Å². The zero-order chi connectivity index (χ0) is 11.3. The molecule has 0 radical (unpaired) electrons. The first kappa shape index (κ1) is 12.1. The predicted molar refractivity (Wildman–Crippen MR) is 64.3 cm³/mol. The summed E-state index contributed by atoms with van der Waals surface area (Å²) in [5.74, 6) is 2.42. The van der Waals surface area contributed by atoms with Gasteiger partial charge in [0, 0.05) is 15.1 Å². The molecular weight excluding hydrogens is 275 g/mol. The van der Waals surface area contributed by atoms with Crippen molar-refractivity contribution in [1.29, 1.82) is 5.26 Å². The average Bonchev–Trinajstić information content (AvgIpc) is 2.21. The number of hydrogen-bond donors (Lipinski definition) is 1. The topological polar surface area (TPSA) is 35.8 Å². The molecule has 1 N–H and O–H groups in total. The minimum absolute atomic E-state index is 0.338. The van der Waals surface area contributed by atoms with Crippen LogP contribution in [-0.2, 0) is 0 Å². The Morgan fingerprint density at radius 3 is 2.87 bits per heavy atom. The number of benzene rings is 1. The maximum Gasteiger partial charge on any atom is 0.123 e. The Morgan fingerprint density at radius 2 is 2.33 bits per heavy atom. The molecule has 4 heteroatoms. The van der Waals surface area contributed by atoms with E-state index >= 15 is 0 Å². The average molecular weight is 284 g/mol. The standard InChI is InChI=1S/C11H8BrClN2/c1-2-5-15-11(7-14)9-4-3-8(12)6-10(9)13/h1,3-4,6,11,15H,5H2. The molecule has 0 heterocycles. The molecule has 0 spiro atoms. The zero-order valence-electron chi connectivity index (χ0n) is 7.80. The van der Waals surface area contributed by atoms with E-state index in [1.807, 2.05) is 6.07 Å². The Hall–Kier alpha value is -1.000. The Kier molecular flexibility index (Phi) is 4.65. The van der Waals surface area contributed by atoms with Crippen LogP contribution in [0.5, 0.6) is 0 Å². The summed E-state index contributed by atoms with van der Waals surface area (Å²) >= 11 is 9.31. The maximum absolute atomic E-state index is 8.95. The third-order valence-electron chi connectivity index (χ3n) is 1.81. The van der Waals surface area contributed by atoms with Crippen LogP contribution in [0.25, 0.3) is 0 Å². The molecule has 2 nitrogen and oxygen atoms in total. The van der Waals surface area contributed by atoms with Gasteiger partial charge in [0.05, 0.1) is 12.6 Å². The maximum atomic E-state index is 8.95. The summed E-state index contributed by atoms with van der Waals surface area (Å²) in [5, 5.41) is 12.4. The number of hydrogen-bond acceptors (Lipinski definition) is 2. The number of nitrogens with zero attached hydrogens (tertiary/aromatic N) is 1. The van der Waals surface area contributed by atoms with Crippen LogP contribution < -0.4 is 5.32 Å². The second-order valence-corrected chi connectivity index (χ2v) is 4.14. The molecule has 1 aromatic carbocycles. The van der Waals surface area contributed by atoms with E-state index in [9.17, 15) is 0 Å². The van der Waals surface area contributed by atoms with Gasteiger partial charge in [-0.15, -0.1) is 6.42 Å². The summed E-state index contributed by atoms with van der Waals surface area (Å²) in [6.07, 6.45) is 5.11. The fourth-order valence-corrected chi connectivity index (χ4v) is 1.90. The lowest BCUT2D eigenvalue weighted by molar-refractivity contribution is 0.691. The first-order valence-electron chi connectivity index (χ1n) is 4.20. The van der Waals surface area contributed by atoms with Gasteiger partial charge in [-0.2, -0.15) is 5.26 Å². The molecule has 0 saturated carbocycles. The van der Waals surface area contributed by atoms with Gasteiger partial charge < -0.3 is 0 Å². The summed E-state index contributed by atoms with van der Waals surface area (Å²) < 4.78 is 0.880. The van der Waals surface area contributed by atoms with Crippen molar-refractivity contribution in [2.45, 2.75) is 6.04 Å². The van der Waals surface area contributed by atoms with E-state index in [4.69, 9.17) is 23.3 Å². The number of halogens is 2. The fourth-order valence-electron chi connectivity index (χ4n) is 1.12. The molecule has 1 unspecified atom stereocenters. The van der Waals surface area contributed by atoms with Gasteiger partial charge in [-0.05, 0) is 12.1 Å². The highest BCUT2D eigenvalue weighted by Crippen LogP contribution is 2.26. The SMILES string of the molecule is C#CCNC(C#N)c1ccc(Br)cc1Cl. The van der Waals surface area contributed by atoms with Crippen molar-refractivity contribution < 1.29 is 0 Å². The number of terminal acetylenes is 1. The van der Waals surface area contributed by atoms with E-state index in [1.165, 1.54) is 0 Å². The Bertz CT molecular complexity index is 431. The van der Waals surface area contributed by atoms with E-state index in [1.54, 1.807) is 12.1 Å². The highest BCUT2D eigenvalue weighted by atomic mass is 79.9. The largest absolute Gasteiger partial charge is 0.287 e. The highest BCUT2D eigenvalue weighted by molar-refractivity contribution is 9.10. The Labute approximate surface area is 102 Å². The molecule has 0 aliphatic rings. The summed E-state index contributed by atoms with van der Waals surface area (Å²) in [5.41, 5.74) is 0.734. The van der Waals surface area contributed by atoms with Crippen LogP contribution in [0.1, 0.15) is 11.6 Å². The van der Waals surface area contributed by atoms with Crippen molar-refractivity contribution in [3.63, 3.8) is 0 Å². The molecule has 1 aromatic rings. The lowest BCUT2D eigenvalue weighted by atomic mass is 10.1. The quantitative estimate of drug-likeness (QED) is 0.866. The van der Waals surface area contributed by atoms with Crippen LogP contribution in [0.15, 0.2) is 22.7 Å². The molecule has 15 heavy (non-hydrogen) atoms. The monoisotopic (exact) mass is 282 g/mol. The lowest BCUT2D eigenvalue weighted by Crippen LogP contribution is -2.20. The Balaban J connectivity index is 2.94. The van der Waals surface area contributed by atoms with Crippen LogP contribution in [0, 0.1) is 23.7 Å². The van der Waals surface area contributed by atoms with Gasteiger partial charge in [0.25, 0.3) is 0 Å². The zero-order valence-corrected chi connectivity index (χ0v) is 10.1. The number of nitriles is 1. The normalized spacial score (nSPS) is 11.5. The second-order valence-electron chi connectivity index (χ2n) is 2.81. The lowest BCUT2D eigenvalue weighted by Gasteiger charge is -2.11. The van der Waals surface area contributed by atoms with Crippen LogP contribution in [0.4, 0.5) is 0 Å². The highest BCUT2D eigenvalue weighted by Gasteiger charge is 2.12. The van der Waals surface area contributed by atoms with Crippen LogP contribution in [0.2, 0.25) is 5.02 Å². The van der Waals surface area contributed by atoms with Gasteiger partial charge in [-0.3, -0.25) is 5.32 Å². The van der Waals surface area contributed by atoms with E-state index < -0.39 is 6.04 Å². The second kappa shape index (κ2) is 5.78. The van der Waals surface area contributed by atoms with Crippen molar-refractivity contribution in [2.75, 3.05) is 6.54 Å². The van der Waals surface area contributed by atoms with Crippen LogP contribution >= 0.6 is 27.5 Å². The van der Waals surface area contributed by atoms with Crippen molar-refractivity contribution >= 4 is 27.5 Å². The minimum Gasteiger partial charge on any atom is -0.287 e. The van der Waals surface area contributed by atoms with Gasteiger partial charge in [0.1, 0.15) is 6.04 Å². The first-order chi connectivity index (χ1) is 7.19. The van der Waals surface area contributed by atoms with Gasteiger partial charge in [0.2, 0.25) is 0 Å². The van der Waals surface area contributed by atoms with E-state index in [0.717, 1.165) is 10.0 Å². The van der Waals surface area contributed by atoms with Gasteiger partial charge in [-0.25, -0.2) is 0 Å². The van der Waals surface area contributed by atoms with E-state index in [0.29, 0.717) is 11.6 Å². The minimum atomic E-state index is -0.471. The molecule has 0 aliphatic carbocycles. The summed E-state index contributed by atoms with van der Waals surface area (Å²) in [4.78, 5) is 0. The molecule has 1 atom stereocenters. The fraction of sp³-hybridized carbons (Fsp3) is 0.182. The molecule has 1 rings (SSSR count). The molecule has 0 amide bonds. The molecule has 0 bridgehead atoms. The van der Waals surface area contributed by atoms with Crippen LogP contribution in [0.3, 0.4) is 0 Å². The smallest absolute Gasteiger partial charge is 0.123 e. The Morgan fingerprint density at radius 1 is 1.60 bits per heavy atom. The number of rotatable bonds is 3. The van der Waals surface area contributed by atoms with Gasteiger partial charge >= 0.3 is 0 Å². The van der Waals surface area contributed by atoms with Gasteiger partial charge in [-0.1, -0.05) is 39.5 Å². The summed E-state index contributed by atoms with van der Waals surface area (Å²) in [7, 11) is 0. The molecule has 0 aromatic heterocycles. The van der Waals surface area contributed by atoms with Gasteiger partial charge in [0.15, 0.2) is 0 Å². The molecule has 0 fully saturated rings. The van der Waals surface area contributed by atoms with Crippen molar-refractivity contribution in [3.8, 4) is 18.4 Å². The van der Waals surface area contributed by atoms with Crippen molar-refractivity contribution in [2.24, 2.45) is 0 Å². The molecule has 0 saturated heterocycles. The third kappa shape index (κ3) is 3.25. The summed E-state index contributed by atoms with van der Waals surface area (Å²) in [6.45, 7) is 0.338. The molecular formula is C11H8BrClN2. The molecule has 0 aliphatic heterocycles. The van der Waals surface area contributed by atoms with Crippen LogP contribution in [-0.4, -0.2) is 6.54 Å². The van der Waals surface area contributed by atoms with Crippen molar-refractivity contribution in [1.82, 2.24) is 5.32 Å².